The minimum Gasteiger partial charge on any atom is -0.398 e. The molecule has 0 aliphatic heterocycles. The van der Waals surface area contributed by atoms with Crippen molar-refractivity contribution < 1.29 is 9.18 Å². The number of amides is 2. The highest BCUT2D eigenvalue weighted by molar-refractivity contribution is 5.90. The highest BCUT2D eigenvalue weighted by Gasteiger charge is 2.40. The highest BCUT2D eigenvalue weighted by atomic mass is 19.1. The van der Waals surface area contributed by atoms with Gasteiger partial charge in [-0.05, 0) is 42.9 Å². The summed E-state index contributed by atoms with van der Waals surface area (Å²) in [6, 6.07) is 2.58. The van der Waals surface area contributed by atoms with Crippen LogP contribution in [0.5, 0.6) is 0 Å². The Kier molecular flexibility index (Phi) is 3.64. The molecule has 19 heavy (non-hydrogen) atoms. The van der Waals surface area contributed by atoms with Crippen LogP contribution in [0.25, 0.3) is 0 Å². The van der Waals surface area contributed by atoms with Gasteiger partial charge in [0, 0.05) is 11.7 Å². The Morgan fingerprint density at radius 1 is 1.47 bits per heavy atom. The van der Waals surface area contributed by atoms with E-state index < -0.39 is 5.82 Å². The molecule has 0 saturated heterocycles. The highest BCUT2D eigenvalue weighted by Crippen LogP contribution is 2.37. The third-order valence-electron chi connectivity index (χ3n) is 3.62. The first-order chi connectivity index (χ1) is 8.88. The fourth-order valence-corrected chi connectivity index (χ4v) is 2.23. The van der Waals surface area contributed by atoms with Gasteiger partial charge in [0.25, 0.3) is 0 Å². The first-order valence-corrected chi connectivity index (χ1v) is 6.51. The van der Waals surface area contributed by atoms with Gasteiger partial charge < -0.3 is 16.4 Å². The van der Waals surface area contributed by atoms with E-state index in [9.17, 15) is 9.18 Å². The topological polar surface area (TPSA) is 67.2 Å². The molecule has 0 bridgehead atoms. The van der Waals surface area contributed by atoms with E-state index in [0.717, 1.165) is 6.42 Å². The van der Waals surface area contributed by atoms with E-state index in [-0.39, 0.29) is 17.8 Å². The number of anilines is 2. The molecule has 0 radical (unpaired) electrons. The molecule has 2 amide bonds. The molecule has 104 valence electrons. The van der Waals surface area contributed by atoms with Crippen molar-refractivity contribution >= 4 is 17.4 Å². The van der Waals surface area contributed by atoms with E-state index in [1.807, 2.05) is 0 Å². The predicted octanol–water partition coefficient (Wildman–Crippen LogP) is 2.88. The maximum atomic E-state index is 13.7. The molecule has 1 aromatic rings. The summed E-state index contributed by atoms with van der Waals surface area (Å²) in [6.45, 7) is 5.98. The number of halogens is 1. The van der Waals surface area contributed by atoms with Gasteiger partial charge in [0.05, 0.1) is 5.69 Å². The number of nitrogen functional groups attached to an aromatic ring is 1. The van der Waals surface area contributed by atoms with Crippen LogP contribution in [0.2, 0.25) is 0 Å². The summed E-state index contributed by atoms with van der Waals surface area (Å²) < 4.78 is 13.7. The Labute approximate surface area is 112 Å². The molecular weight excluding hydrogens is 245 g/mol. The lowest BCUT2D eigenvalue weighted by molar-refractivity contribution is 0.250. The lowest BCUT2D eigenvalue weighted by Gasteiger charge is -2.11. The third-order valence-corrected chi connectivity index (χ3v) is 3.62. The van der Waals surface area contributed by atoms with Crippen LogP contribution in [0.15, 0.2) is 12.1 Å². The van der Waals surface area contributed by atoms with Gasteiger partial charge in [0.15, 0.2) is 0 Å². The van der Waals surface area contributed by atoms with Crippen molar-refractivity contribution in [1.29, 1.82) is 0 Å². The van der Waals surface area contributed by atoms with Crippen molar-refractivity contribution in [3.05, 3.63) is 23.5 Å². The molecule has 2 atom stereocenters. The number of hydrogen-bond acceptors (Lipinski definition) is 2. The van der Waals surface area contributed by atoms with E-state index in [4.69, 9.17) is 5.73 Å². The summed E-state index contributed by atoms with van der Waals surface area (Å²) in [5, 5.41) is 5.34. The number of carbonyl (C=O) groups is 1. The maximum absolute atomic E-state index is 13.7. The van der Waals surface area contributed by atoms with Crippen molar-refractivity contribution in [3.8, 4) is 0 Å². The number of hydrogen-bond donors (Lipinski definition) is 3. The van der Waals surface area contributed by atoms with Crippen molar-refractivity contribution in [2.45, 2.75) is 33.2 Å². The fourth-order valence-electron chi connectivity index (χ4n) is 2.23. The molecule has 2 unspecified atom stereocenters. The first kappa shape index (κ1) is 13.6. The number of aryl methyl sites for hydroxylation is 1. The Morgan fingerprint density at radius 3 is 2.74 bits per heavy atom. The molecule has 1 saturated carbocycles. The number of benzene rings is 1. The second-order valence-electron chi connectivity index (χ2n) is 5.54. The summed E-state index contributed by atoms with van der Waals surface area (Å²) in [4.78, 5) is 11.7. The number of rotatable bonds is 3. The third kappa shape index (κ3) is 3.16. The van der Waals surface area contributed by atoms with E-state index >= 15 is 0 Å². The molecule has 0 spiro atoms. The number of nitrogens with two attached hydrogens (primary N) is 1. The Bertz CT molecular complexity index is 502. The van der Waals surface area contributed by atoms with Gasteiger partial charge in [-0.15, -0.1) is 0 Å². The summed E-state index contributed by atoms with van der Waals surface area (Å²) in [5.41, 5.74) is 6.93. The standard InChI is InChI=1S/C14H20FN3O/c1-7(2)9-5-12(9)17-14(19)18-13-6-11(16)8(3)4-10(13)15/h4,6-7,9,12H,5,16H2,1-3H3,(H2,17,18,19). The lowest BCUT2D eigenvalue weighted by atomic mass is 10.1. The number of urea groups is 1. The van der Waals surface area contributed by atoms with Crippen LogP contribution >= 0.6 is 0 Å². The molecule has 4 N–H and O–H groups in total. The molecule has 2 rings (SSSR count). The quantitative estimate of drug-likeness (QED) is 0.736. The van der Waals surface area contributed by atoms with Crippen molar-refractivity contribution in [1.82, 2.24) is 5.32 Å². The van der Waals surface area contributed by atoms with E-state index in [1.54, 1.807) is 6.92 Å². The summed E-state index contributed by atoms with van der Waals surface area (Å²) >= 11 is 0. The Morgan fingerprint density at radius 2 is 2.16 bits per heavy atom. The van der Waals surface area contributed by atoms with Crippen LogP contribution in [0.3, 0.4) is 0 Å². The van der Waals surface area contributed by atoms with Crippen molar-refractivity contribution in [3.63, 3.8) is 0 Å². The predicted molar refractivity (Wildman–Crippen MR) is 74.4 cm³/mol. The maximum Gasteiger partial charge on any atom is 0.319 e. The Hall–Kier alpha value is -1.78. The lowest BCUT2D eigenvalue weighted by Crippen LogP contribution is -2.32. The number of carbonyl (C=O) groups excluding carboxylic acids is 1. The van der Waals surface area contributed by atoms with Gasteiger partial charge >= 0.3 is 6.03 Å². The first-order valence-electron chi connectivity index (χ1n) is 6.51. The van der Waals surface area contributed by atoms with Gasteiger partial charge in [-0.3, -0.25) is 0 Å². The van der Waals surface area contributed by atoms with Crippen LogP contribution < -0.4 is 16.4 Å². The average Bonchev–Trinajstić information content (AvgIpc) is 3.05. The molecule has 1 aliphatic rings. The molecule has 5 heteroatoms. The molecule has 0 aromatic heterocycles. The zero-order chi connectivity index (χ0) is 14.2. The average molecular weight is 265 g/mol. The van der Waals surface area contributed by atoms with Crippen LogP contribution in [-0.2, 0) is 0 Å². The summed E-state index contributed by atoms with van der Waals surface area (Å²) in [6.07, 6.45) is 0.990. The van der Waals surface area contributed by atoms with Gasteiger partial charge in [-0.25, -0.2) is 9.18 Å². The summed E-state index contributed by atoms with van der Waals surface area (Å²) in [7, 11) is 0. The molecular formula is C14H20FN3O. The minimum atomic E-state index is -0.474. The minimum absolute atomic E-state index is 0.113. The second kappa shape index (κ2) is 5.07. The Balaban J connectivity index is 1.95. The van der Waals surface area contributed by atoms with Crippen molar-refractivity contribution in [2.24, 2.45) is 11.8 Å². The normalized spacial score (nSPS) is 21.3. The second-order valence-corrected chi connectivity index (χ2v) is 5.54. The largest absolute Gasteiger partial charge is 0.398 e. The molecule has 1 aromatic carbocycles. The fraction of sp³-hybridized carbons (Fsp3) is 0.500. The van der Waals surface area contributed by atoms with Gasteiger partial charge in [-0.2, -0.15) is 0 Å². The van der Waals surface area contributed by atoms with Crippen LogP contribution in [0.4, 0.5) is 20.6 Å². The SMILES string of the molecule is Cc1cc(F)c(NC(=O)NC2CC2C(C)C)cc1N. The molecule has 4 nitrogen and oxygen atoms in total. The zero-order valence-electron chi connectivity index (χ0n) is 11.5. The van der Waals surface area contributed by atoms with Crippen molar-refractivity contribution in [2.75, 3.05) is 11.1 Å². The van der Waals surface area contributed by atoms with E-state index in [2.05, 4.69) is 24.5 Å². The molecule has 1 aliphatic carbocycles. The monoisotopic (exact) mass is 265 g/mol. The molecule has 1 fully saturated rings. The van der Waals surface area contributed by atoms with Crippen LogP contribution in [-0.4, -0.2) is 12.1 Å². The van der Waals surface area contributed by atoms with Gasteiger partial charge in [-0.1, -0.05) is 13.8 Å². The van der Waals surface area contributed by atoms with Crippen LogP contribution in [0, 0.1) is 24.6 Å². The van der Waals surface area contributed by atoms with E-state index in [1.165, 1.54) is 12.1 Å². The van der Waals surface area contributed by atoms with Crippen LogP contribution in [0.1, 0.15) is 25.8 Å². The van der Waals surface area contributed by atoms with E-state index in [0.29, 0.717) is 23.1 Å². The van der Waals surface area contributed by atoms with Gasteiger partial charge in [0.1, 0.15) is 5.82 Å². The molecule has 0 heterocycles. The summed E-state index contributed by atoms with van der Waals surface area (Å²) in [5.74, 6) is 0.605. The zero-order valence-corrected chi connectivity index (χ0v) is 11.5. The smallest absolute Gasteiger partial charge is 0.319 e. The van der Waals surface area contributed by atoms with Gasteiger partial charge in [0.2, 0.25) is 0 Å². The number of nitrogens with one attached hydrogen (secondary N) is 2.